The zero-order valence-corrected chi connectivity index (χ0v) is 19.0. The molecule has 0 bridgehead atoms. The van der Waals surface area contributed by atoms with E-state index in [4.69, 9.17) is 17.0 Å². The number of benzene rings is 2. The predicted octanol–water partition coefficient (Wildman–Crippen LogP) is 3.55. The number of hydrogen-bond donors (Lipinski definition) is 4. The van der Waals surface area contributed by atoms with Gasteiger partial charge in [0.2, 0.25) is 5.91 Å². The Balaban J connectivity index is 1.75. The van der Waals surface area contributed by atoms with E-state index >= 15 is 0 Å². The molecule has 0 saturated carbocycles. The van der Waals surface area contributed by atoms with Gasteiger partial charge in [-0.1, -0.05) is 26.2 Å². The van der Waals surface area contributed by atoms with E-state index in [2.05, 4.69) is 28.4 Å². The van der Waals surface area contributed by atoms with Crippen LogP contribution in [-0.4, -0.2) is 29.4 Å². The molecule has 0 aliphatic rings. The van der Waals surface area contributed by atoms with E-state index in [1.165, 1.54) is 19.8 Å². The molecule has 2 aromatic rings. The zero-order valence-electron chi connectivity index (χ0n) is 18.2. The molecule has 4 N–H and O–H groups in total. The monoisotopic (exact) mass is 456 g/mol. The molecular formula is C23H28N4O4S. The van der Waals surface area contributed by atoms with Gasteiger partial charge in [0, 0.05) is 23.7 Å². The topological polar surface area (TPSA) is 109 Å². The molecule has 8 nitrogen and oxygen atoms in total. The minimum Gasteiger partial charge on any atom is -0.494 e. The van der Waals surface area contributed by atoms with Crippen LogP contribution in [-0.2, 0) is 4.79 Å². The number of ether oxygens (including phenoxy) is 1. The van der Waals surface area contributed by atoms with E-state index in [0.717, 1.165) is 12.8 Å². The molecule has 0 spiro atoms. The molecule has 170 valence electrons. The number of thiocarbonyl (C=S) groups is 1. The molecular weight excluding hydrogens is 428 g/mol. The van der Waals surface area contributed by atoms with Gasteiger partial charge in [0.25, 0.3) is 11.8 Å². The van der Waals surface area contributed by atoms with Crippen molar-refractivity contribution in [2.24, 2.45) is 0 Å². The van der Waals surface area contributed by atoms with Gasteiger partial charge in [-0.15, -0.1) is 0 Å². The Labute approximate surface area is 193 Å². The number of hydrogen-bond acceptors (Lipinski definition) is 5. The lowest BCUT2D eigenvalue weighted by atomic mass is 10.2. The molecule has 0 radical (unpaired) electrons. The number of nitrogens with one attached hydrogen (secondary N) is 4. The summed E-state index contributed by atoms with van der Waals surface area (Å²) in [6, 6.07) is 13.1. The maximum Gasteiger partial charge on any atom is 0.269 e. The second kappa shape index (κ2) is 13.1. The van der Waals surface area contributed by atoms with Gasteiger partial charge in [-0.3, -0.25) is 30.6 Å². The summed E-state index contributed by atoms with van der Waals surface area (Å²) in [6.07, 6.45) is 4.51. The molecule has 3 amide bonds. The van der Waals surface area contributed by atoms with Crippen LogP contribution >= 0.6 is 12.2 Å². The van der Waals surface area contributed by atoms with E-state index < -0.39 is 11.8 Å². The van der Waals surface area contributed by atoms with Crippen molar-refractivity contribution in [1.82, 2.24) is 16.2 Å². The average molecular weight is 457 g/mol. The molecule has 0 saturated heterocycles. The van der Waals surface area contributed by atoms with E-state index in [1.54, 1.807) is 48.5 Å². The Morgan fingerprint density at radius 3 is 2.09 bits per heavy atom. The van der Waals surface area contributed by atoms with Crippen LogP contribution in [0.3, 0.4) is 0 Å². The summed E-state index contributed by atoms with van der Waals surface area (Å²) in [5.41, 5.74) is 6.24. The first-order valence-electron chi connectivity index (χ1n) is 10.4. The van der Waals surface area contributed by atoms with Gasteiger partial charge in [-0.05, 0) is 67.2 Å². The van der Waals surface area contributed by atoms with Crippen LogP contribution in [0.4, 0.5) is 5.69 Å². The maximum absolute atomic E-state index is 12.3. The van der Waals surface area contributed by atoms with Crippen molar-refractivity contribution >= 4 is 40.7 Å². The van der Waals surface area contributed by atoms with Crippen molar-refractivity contribution in [2.45, 2.75) is 39.5 Å². The average Bonchev–Trinajstić information content (AvgIpc) is 2.78. The first-order valence-corrected chi connectivity index (χ1v) is 10.8. The molecule has 9 heteroatoms. The zero-order chi connectivity index (χ0) is 23.3. The molecule has 0 aliphatic carbocycles. The van der Waals surface area contributed by atoms with Crippen molar-refractivity contribution < 1.29 is 19.1 Å². The predicted molar refractivity (Wildman–Crippen MR) is 127 cm³/mol. The Hall–Kier alpha value is -3.46. The summed E-state index contributed by atoms with van der Waals surface area (Å²) in [4.78, 5) is 35.5. The Bertz CT molecular complexity index is 930. The van der Waals surface area contributed by atoms with Gasteiger partial charge < -0.3 is 10.1 Å². The van der Waals surface area contributed by atoms with Crippen molar-refractivity contribution in [3.8, 4) is 5.75 Å². The lowest BCUT2D eigenvalue weighted by molar-refractivity contribution is -0.114. The molecule has 0 unspecified atom stereocenters. The molecule has 2 rings (SSSR count). The van der Waals surface area contributed by atoms with Gasteiger partial charge in [-0.2, -0.15) is 0 Å². The SMILES string of the molecule is CCCCCCOc1ccc(C(=O)NC(=S)NNC(=O)c2ccc(NC(C)=O)cc2)cc1. The van der Waals surface area contributed by atoms with Gasteiger partial charge in [0.15, 0.2) is 5.11 Å². The normalized spacial score (nSPS) is 10.1. The van der Waals surface area contributed by atoms with Gasteiger partial charge >= 0.3 is 0 Å². The number of carbonyl (C=O) groups excluding carboxylic acids is 3. The fraction of sp³-hybridized carbons (Fsp3) is 0.304. The number of carbonyl (C=O) groups is 3. The van der Waals surface area contributed by atoms with Crippen LogP contribution in [0.1, 0.15) is 60.2 Å². The first kappa shape index (κ1) is 24.8. The minimum absolute atomic E-state index is 0.0468. The summed E-state index contributed by atoms with van der Waals surface area (Å²) in [5, 5.41) is 5.07. The number of amides is 3. The first-order chi connectivity index (χ1) is 15.4. The standard InChI is InChI=1S/C23H28N4O4S/c1-3-4-5-6-15-31-20-13-9-17(10-14-20)21(29)25-23(32)27-26-22(30)18-7-11-19(12-8-18)24-16(2)28/h7-14H,3-6,15H2,1-2H3,(H,24,28)(H,26,30)(H2,25,27,29,32). The molecule has 0 fully saturated rings. The van der Waals surface area contributed by atoms with Crippen molar-refractivity contribution in [3.63, 3.8) is 0 Å². The largest absolute Gasteiger partial charge is 0.494 e. The third kappa shape index (κ3) is 8.73. The number of hydrazine groups is 1. The lowest BCUT2D eigenvalue weighted by Gasteiger charge is -2.11. The third-order valence-corrected chi connectivity index (χ3v) is 4.57. The third-order valence-electron chi connectivity index (χ3n) is 4.37. The molecule has 0 heterocycles. The highest BCUT2D eigenvalue weighted by Crippen LogP contribution is 2.13. The van der Waals surface area contributed by atoms with E-state index in [1.807, 2.05) is 0 Å². The Kier molecular flexibility index (Phi) is 10.1. The number of anilines is 1. The Morgan fingerprint density at radius 2 is 1.47 bits per heavy atom. The highest BCUT2D eigenvalue weighted by Gasteiger charge is 2.10. The van der Waals surface area contributed by atoms with E-state index in [9.17, 15) is 14.4 Å². The van der Waals surface area contributed by atoms with Crippen molar-refractivity contribution in [2.75, 3.05) is 11.9 Å². The molecule has 2 aromatic carbocycles. The highest BCUT2D eigenvalue weighted by molar-refractivity contribution is 7.80. The number of rotatable bonds is 9. The molecule has 0 aromatic heterocycles. The van der Waals surface area contributed by atoms with E-state index in [0.29, 0.717) is 29.2 Å². The van der Waals surface area contributed by atoms with Crippen LogP contribution in [0.2, 0.25) is 0 Å². The van der Waals surface area contributed by atoms with E-state index in [-0.39, 0.29) is 11.0 Å². The molecule has 32 heavy (non-hydrogen) atoms. The molecule has 0 aliphatic heterocycles. The van der Waals surface area contributed by atoms with Crippen LogP contribution in [0.15, 0.2) is 48.5 Å². The van der Waals surface area contributed by atoms with Gasteiger partial charge in [-0.25, -0.2) is 0 Å². The smallest absolute Gasteiger partial charge is 0.269 e. The second-order valence-electron chi connectivity index (χ2n) is 7.05. The summed E-state index contributed by atoms with van der Waals surface area (Å²) in [7, 11) is 0. The van der Waals surface area contributed by atoms with Crippen LogP contribution in [0.5, 0.6) is 5.75 Å². The van der Waals surface area contributed by atoms with Crippen LogP contribution in [0, 0.1) is 0 Å². The second-order valence-corrected chi connectivity index (χ2v) is 7.46. The van der Waals surface area contributed by atoms with Gasteiger partial charge in [0.05, 0.1) is 6.61 Å². The van der Waals surface area contributed by atoms with Crippen LogP contribution in [0.25, 0.3) is 0 Å². The Morgan fingerprint density at radius 1 is 0.844 bits per heavy atom. The molecule has 0 atom stereocenters. The fourth-order valence-corrected chi connectivity index (χ4v) is 2.87. The van der Waals surface area contributed by atoms with Crippen LogP contribution < -0.4 is 26.2 Å². The lowest BCUT2D eigenvalue weighted by Crippen LogP contribution is -2.48. The number of unbranched alkanes of at least 4 members (excludes halogenated alkanes) is 3. The summed E-state index contributed by atoms with van der Waals surface area (Å²) in [5.74, 6) is -0.354. The van der Waals surface area contributed by atoms with Gasteiger partial charge in [0.1, 0.15) is 5.75 Å². The van der Waals surface area contributed by atoms with Crippen molar-refractivity contribution in [3.05, 3.63) is 59.7 Å². The minimum atomic E-state index is -0.448. The summed E-state index contributed by atoms with van der Waals surface area (Å²) < 4.78 is 5.66. The maximum atomic E-state index is 12.3. The quantitative estimate of drug-likeness (QED) is 0.261. The fourth-order valence-electron chi connectivity index (χ4n) is 2.72. The summed E-state index contributed by atoms with van der Waals surface area (Å²) in [6.45, 7) is 4.21. The highest BCUT2D eigenvalue weighted by atomic mass is 32.1. The summed E-state index contributed by atoms with van der Waals surface area (Å²) >= 11 is 5.05. The van der Waals surface area contributed by atoms with Crippen molar-refractivity contribution in [1.29, 1.82) is 0 Å².